The zero-order valence-corrected chi connectivity index (χ0v) is 14.2. The van der Waals surface area contributed by atoms with Crippen LogP contribution in [0.5, 0.6) is 0 Å². The molecule has 3 atom stereocenters. The summed E-state index contributed by atoms with van der Waals surface area (Å²) in [5.41, 5.74) is 0.634. The maximum Gasteiger partial charge on any atom is 0.251 e. The van der Waals surface area contributed by atoms with E-state index in [1.165, 1.54) is 4.90 Å². The van der Waals surface area contributed by atoms with E-state index in [4.69, 9.17) is 4.74 Å². The number of rotatable bonds is 2. The van der Waals surface area contributed by atoms with Crippen LogP contribution >= 0.6 is 15.9 Å². The first-order valence-electron chi connectivity index (χ1n) is 7.47. The second-order valence-corrected chi connectivity index (χ2v) is 6.89. The lowest BCUT2D eigenvalue weighted by Gasteiger charge is -2.37. The molecule has 5 nitrogen and oxygen atoms in total. The first-order valence-corrected chi connectivity index (χ1v) is 8.27. The average molecular weight is 367 g/mol. The number of benzene rings is 1. The minimum atomic E-state index is -0.370. The van der Waals surface area contributed by atoms with Crippen LogP contribution in [-0.4, -0.2) is 48.1 Å². The van der Waals surface area contributed by atoms with Crippen molar-refractivity contribution in [1.29, 1.82) is 0 Å². The summed E-state index contributed by atoms with van der Waals surface area (Å²) in [7, 11) is 0. The molecule has 0 aliphatic carbocycles. The number of hydrogen-bond acceptors (Lipinski definition) is 4. The Balaban J connectivity index is 1.80. The van der Waals surface area contributed by atoms with Gasteiger partial charge >= 0.3 is 0 Å². The van der Waals surface area contributed by atoms with Gasteiger partial charge in [-0.25, -0.2) is 4.90 Å². The van der Waals surface area contributed by atoms with Gasteiger partial charge in [0.1, 0.15) is 0 Å². The molecular weight excluding hydrogens is 348 g/mol. The molecule has 2 heterocycles. The van der Waals surface area contributed by atoms with E-state index >= 15 is 0 Å². The molecule has 0 aromatic heterocycles. The Morgan fingerprint density at radius 3 is 2.27 bits per heavy atom. The molecule has 3 rings (SSSR count). The summed E-state index contributed by atoms with van der Waals surface area (Å²) >= 11 is 3.36. The molecule has 2 fully saturated rings. The molecule has 2 amide bonds. The van der Waals surface area contributed by atoms with Crippen molar-refractivity contribution in [3.63, 3.8) is 0 Å². The Kier molecular flexibility index (Phi) is 4.34. The third-order valence-electron chi connectivity index (χ3n) is 4.10. The lowest BCUT2D eigenvalue weighted by atomic mass is 10.1. The van der Waals surface area contributed by atoms with E-state index in [2.05, 4.69) is 20.8 Å². The Bertz CT molecular complexity index is 580. The molecule has 1 aromatic carbocycles. The predicted octanol–water partition coefficient (Wildman–Crippen LogP) is 2.19. The molecule has 2 saturated heterocycles. The molecule has 118 valence electrons. The van der Waals surface area contributed by atoms with Crippen molar-refractivity contribution in [3.05, 3.63) is 28.7 Å². The van der Waals surface area contributed by atoms with Crippen molar-refractivity contribution < 1.29 is 14.3 Å². The van der Waals surface area contributed by atoms with Gasteiger partial charge in [0.05, 0.1) is 30.4 Å². The zero-order valence-electron chi connectivity index (χ0n) is 12.7. The highest BCUT2D eigenvalue weighted by molar-refractivity contribution is 9.10. The van der Waals surface area contributed by atoms with Crippen LogP contribution in [0.3, 0.4) is 0 Å². The molecule has 0 radical (unpaired) electrons. The molecule has 0 spiro atoms. The van der Waals surface area contributed by atoms with E-state index < -0.39 is 0 Å². The molecular formula is C16H19BrN2O3. The smallest absolute Gasteiger partial charge is 0.251 e. The number of anilines is 1. The third-order valence-corrected chi connectivity index (χ3v) is 4.62. The highest BCUT2D eigenvalue weighted by Crippen LogP contribution is 2.28. The van der Waals surface area contributed by atoms with E-state index in [0.29, 0.717) is 18.8 Å². The number of carbonyl (C=O) groups is 2. The van der Waals surface area contributed by atoms with Gasteiger partial charge in [0, 0.05) is 17.6 Å². The van der Waals surface area contributed by atoms with Gasteiger partial charge in [-0.3, -0.25) is 14.5 Å². The molecule has 0 bridgehead atoms. The van der Waals surface area contributed by atoms with Gasteiger partial charge in [-0.15, -0.1) is 0 Å². The first kappa shape index (κ1) is 15.6. The van der Waals surface area contributed by atoms with E-state index in [9.17, 15) is 9.59 Å². The van der Waals surface area contributed by atoms with Crippen molar-refractivity contribution in [2.45, 2.75) is 38.5 Å². The van der Waals surface area contributed by atoms with Crippen LogP contribution in [-0.2, 0) is 14.3 Å². The molecule has 0 saturated carbocycles. The van der Waals surface area contributed by atoms with Crippen LogP contribution in [0.15, 0.2) is 28.7 Å². The minimum Gasteiger partial charge on any atom is -0.373 e. The summed E-state index contributed by atoms with van der Waals surface area (Å²) in [5, 5.41) is 0. The molecule has 1 aromatic rings. The first-order chi connectivity index (χ1) is 10.5. The van der Waals surface area contributed by atoms with E-state index in [1.54, 1.807) is 12.1 Å². The lowest BCUT2D eigenvalue weighted by Crippen LogP contribution is -2.52. The Morgan fingerprint density at radius 1 is 1.09 bits per heavy atom. The number of halogens is 1. The largest absolute Gasteiger partial charge is 0.373 e. The summed E-state index contributed by atoms with van der Waals surface area (Å²) in [6, 6.07) is 6.87. The van der Waals surface area contributed by atoms with E-state index in [-0.39, 0.29) is 36.5 Å². The number of morpholine rings is 1. The molecule has 0 N–H and O–H groups in total. The normalized spacial score (nSPS) is 30.1. The number of carbonyl (C=O) groups excluding carboxylic acids is 2. The Hall–Kier alpha value is -1.24. The van der Waals surface area contributed by atoms with Crippen molar-refractivity contribution in [1.82, 2.24) is 4.90 Å². The molecule has 22 heavy (non-hydrogen) atoms. The van der Waals surface area contributed by atoms with Gasteiger partial charge in [-0.2, -0.15) is 0 Å². The minimum absolute atomic E-state index is 0.0772. The number of nitrogens with zero attached hydrogens (tertiary/aromatic N) is 2. The topological polar surface area (TPSA) is 49.9 Å². The monoisotopic (exact) mass is 366 g/mol. The molecule has 0 unspecified atom stereocenters. The van der Waals surface area contributed by atoms with Gasteiger partial charge < -0.3 is 4.74 Å². The fourth-order valence-corrected chi connectivity index (χ4v) is 3.50. The van der Waals surface area contributed by atoms with Gasteiger partial charge in [-0.05, 0) is 38.1 Å². The van der Waals surface area contributed by atoms with Crippen LogP contribution in [0.2, 0.25) is 0 Å². The van der Waals surface area contributed by atoms with Crippen LogP contribution < -0.4 is 4.90 Å². The zero-order chi connectivity index (χ0) is 15.9. The fourth-order valence-electron chi connectivity index (χ4n) is 3.23. The van der Waals surface area contributed by atoms with Gasteiger partial charge in [0.15, 0.2) is 0 Å². The van der Waals surface area contributed by atoms with Crippen molar-refractivity contribution in [2.24, 2.45) is 0 Å². The highest BCUT2D eigenvalue weighted by Gasteiger charge is 2.44. The van der Waals surface area contributed by atoms with Crippen LogP contribution in [0.25, 0.3) is 0 Å². The second-order valence-electron chi connectivity index (χ2n) is 5.97. The maximum absolute atomic E-state index is 12.7. The summed E-state index contributed by atoms with van der Waals surface area (Å²) < 4.78 is 6.63. The number of imide groups is 1. The molecule has 6 heteroatoms. The molecule has 2 aliphatic rings. The number of amides is 2. The second kappa shape index (κ2) is 6.10. The lowest BCUT2D eigenvalue weighted by molar-refractivity contribution is -0.127. The summed E-state index contributed by atoms with van der Waals surface area (Å²) in [6.45, 7) is 5.36. The van der Waals surface area contributed by atoms with E-state index in [1.807, 2.05) is 26.0 Å². The highest BCUT2D eigenvalue weighted by atomic mass is 79.9. The van der Waals surface area contributed by atoms with Crippen LogP contribution in [0.1, 0.15) is 20.3 Å². The summed E-state index contributed by atoms with van der Waals surface area (Å²) in [6.07, 6.45) is 0.399. The predicted molar refractivity (Wildman–Crippen MR) is 86.6 cm³/mol. The van der Waals surface area contributed by atoms with Crippen molar-refractivity contribution in [2.75, 3.05) is 18.0 Å². The summed E-state index contributed by atoms with van der Waals surface area (Å²) in [5.74, 6) is -0.266. The maximum atomic E-state index is 12.7. The Labute approximate surface area is 138 Å². The number of hydrogen-bond donors (Lipinski definition) is 0. The van der Waals surface area contributed by atoms with Crippen LogP contribution in [0.4, 0.5) is 5.69 Å². The van der Waals surface area contributed by atoms with E-state index in [0.717, 1.165) is 4.47 Å². The van der Waals surface area contributed by atoms with Crippen LogP contribution in [0, 0.1) is 0 Å². The Morgan fingerprint density at radius 2 is 1.68 bits per heavy atom. The van der Waals surface area contributed by atoms with Gasteiger partial charge in [0.25, 0.3) is 5.91 Å². The molecule has 2 aliphatic heterocycles. The van der Waals surface area contributed by atoms with Crippen molar-refractivity contribution >= 4 is 33.4 Å². The van der Waals surface area contributed by atoms with Crippen molar-refractivity contribution in [3.8, 4) is 0 Å². The quantitative estimate of drug-likeness (QED) is 0.752. The van der Waals surface area contributed by atoms with Gasteiger partial charge in [-0.1, -0.05) is 15.9 Å². The third kappa shape index (κ3) is 2.95. The van der Waals surface area contributed by atoms with Gasteiger partial charge in [0.2, 0.25) is 5.91 Å². The summed E-state index contributed by atoms with van der Waals surface area (Å²) in [4.78, 5) is 28.4. The standard InChI is InChI=1S/C16H19BrN2O3/c1-10-8-18(9-11(2)22-10)14-7-15(20)19(16(14)21)13-5-3-12(17)4-6-13/h3-6,10-11,14H,7-9H2,1-2H3/t10-,11-,14+/m0/s1. The number of ether oxygens (including phenoxy) is 1. The fraction of sp³-hybridized carbons (Fsp3) is 0.500. The average Bonchev–Trinajstić information content (AvgIpc) is 2.74. The SMILES string of the molecule is C[C@H]1CN([C@@H]2CC(=O)N(c3ccc(Br)cc3)C2=O)C[C@H](C)O1.